The van der Waals surface area contributed by atoms with Crippen LogP contribution in [0.5, 0.6) is 0 Å². The highest BCUT2D eigenvalue weighted by Crippen LogP contribution is 2.27. The Kier molecular flexibility index (Phi) is 6.16. The molecule has 0 aliphatic carbocycles. The molecule has 0 aliphatic heterocycles. The third-order valence-corrected chi connectivity index (χ3v) is 6.74. The molecular formula is C23H21ClN4O3S. The molecule has 1 amide bonds. The molecule has 3 N–H and O–H groups in total. The summed E-state index contributed by atoms with van der Waals surface area (Å²) in [6, 6.07) is 19.0. The van der Waals surface area contributed by atoms with Crippen LogP contribution in [-0.2, 0) is 21.2 Å². The number of fused-ring (bicyclic) bond motifs is 1. The highest BCUT2D eigenvalue weighted by Gasteiger charge is 2.19. The number of nitrogens with one attached hydrogen (secondary N) is 3. The lowest BCUT2D eigenvalue weighted by Crippen LogP contribution is -2.16. The van der Waals surface area contributed by atoms with Crippen LogP contribution < -0.4 is 10.0 Å². The number of hydrogen-bond acceptors (Lipinski definition) is 4. The minimum absolute atomic E-state index is 0.0625. The van der Waals surface area contributed by atoms with Gasteiger partial charge in [-0.1, -0.05) is 41.9 Å². The number of anilines is 2. The highest BCUT2D eigenvalue weighted by atomic mass is 35.5. The summed E-state index contributed by atoms with van der Waals surface area (Å²) in [5.74, 6) is 0.481. The Morgan fingerprint density at radius 1 is 1.06 bits per heavy atom. The summed E-state index contributed by atoms with van der Waals surface area (Å²) in [6.07, 6.45) is 0.638. The van der Waals surface area contributed by atoms with Gasteiger partial charge in [0.25, 0.3) is 10.0 Å². The number of aromatic nitrogens is 2. The second-order valence-electron chi connectivity index (χ2n) is 7.31. The zero-order chi connectivity index (χ0) is 22.7. The number of benzene rings is 3. The Morgan fingerprint density at radius 2 is 1.81 bits per heavy atom. The van der Waals surface area contributed by atoms with E-state index in [-0.39, 0.29) is 22.9 Å². The van der Waals surface area contributed by atoms with Crippen LogP contribution in [0, 0.1) is 6.92 Å². The molecule has 0 fully saturated rings. The number of carbonyl (C=O) groups is 1. The van der Waals surface area contributed by atoms with Crippen molar-refractivity contribution in [1.29, 1.82) is 0 Å². The molecule has 0 atom stereocenters. The van der Waals surface area contributed by atoms with Crippen molar-refractivity contribution in [3.8, 4) is 0 Å². The van der Waals surface area contributed by atoms with Crippen molar-refractivity contribution in [3.05, 3.63) is 83.1 Å². The van der Waals surface area contributed by atoms with E-state index in [2.05, 4.69) is 20.0 Å². The number of H-pyrrole nitrogens is 1. The van der Waals surface area contributed by atoms with Crippen LogP contribution in [0.2, 0.25) is 5.02 Å². The lowest BCUT2D eigenvalue weighted by atomic mass is 10.2. The third-order valence-electron chi connectivity index (χ3n) is 4.91. The predicted molar refractivity (Wildman–Crippen MR) is 126 cm³/mol. The first-order chi connectivity index (χ1) is 15.3. The van der Waals surface area contributed by atoms with Crippen molar-refractivity contribution in [2.75, 3.05) is 10.0 Å². The fourth-order valence-corrected chi connectivity index (χ4v) is 4.88. The van der Waals surface area contributed by atoms with Crippen LogP contribution in [0.4, 0.5) is 11.4 Å². The van der Waals surface area contributed by atoms with Gasteiger partial charge < -0.3 is 10.3 Å². The van der Waals surface area contributed by atoms with E-state index in [0.29, 0.717) is 22.7 Å². The lowest BCUT2D eigenvalue weighted by Gasteiger charge is -2.13. The number of nitrogens with zero attached hydrogens (tertiary/aromatic N) is 1. The zero-order valence-corrected chi connectivity index (χ0v) is 18.8. The normalized spacial score (nSPS) is 11.4. The lowest BCUT2D eigenvalue weighted by molar-refractivity contribution is -0.116. The minimum atomic E-state index is -3.90. The molecule has 9 heteroatoms. The first-order valence-corrected chi connectivity index (χ1v) is 11.8. The summed E-state index contributed by atoms with van der Waals surface area (Å²) in [7, 11) is -3.90. The van der Waals surface area contributed by atoms with E-state index in [9.17, 15) is 13.2 Å². The first-order valence-electron chi connectivity index (χ1n) is 9.93. The maximum atomic E-state index is 12.9. The fraction of sp³-hybridized carbons (Fsp3) is 0.130. The maximum absolute atomic E-state index is 12.9. The third kappa shape index (κ3) is 4.92. The number of para-hydroxylation sites is 3. The van der Waals surface area contributed by atoms with Crippen molar-refractivity contribution in [1.82, 2.24) is 9.97 Å². The number of rotatable bonds is 7. The number of aryl methyl sites for hydroxylation is 2. The van der Waals surface area contributed by atoms with Crippen LogP contribution in [0.3, 0.4) is 0 Å². The molecular weight excluding hydrogens is 448 g/mol. The van der Waals surface area contributed by atoms with Crippen LogP contribution >= 0.6 is 11.6 Å². The van der Waals surface area contributed by atoms with E-state index in [0.717, 1.165) is 16.9 Å². The van der Waals surface area contributed by atoms with E-state index in [1.165, 1.54) is 6.07 Å². The molecule has 0 bridgehead atoms. The van der Waals surface area contributed by atoms with E-state index in [1.54, 1.807) is 43.3 Å². The molecule has 1 heterocycles. The highest BCUT2D eigenvalue weighted by molar-refractivity contribution is 7.92. The number of carbonyl (C=O) groups excluding carboxylic acids is 1. The molecule has 4 rings (SSSR count). The number of hydrogen-bond donors (Lipinski definition) is 3. The quantitative estimate of drug-likeness (QED) is 0.359. The molecule has 0 spiro atoms. The van der Waals surface area contributed by atoms with Gasteiger partial charge in [0.1, 0.15) is 5.82 Å². The molecule has 7 nitrogen and oxygen atoms in total. The molecule has 32 heavy (non-hydrogen) atoms. The number of halogens is 1. The maximum Gasteiger partial charge on any atom is 0.262 e. The smallest absolute Gasteiger partial charge is 0.262 e. The summed E-state index contributed by atoms with van der Waals surface area (Å²) < 4.78 is 28.3. The van der Waals surface area contributed by atoms with Gasteiger partial charge in [0.15, 0.2) is 0 Å². The first kappa shape index (κ1) is 21.9. The number of aromatic amines is 1. The Hall–Kier alpha value is -3.36. The van der Waals surface area contributed by atoms with Gasteiger partial charge in [0.2, 0.25) is 5.91 Å². The molecule has 164 valence electrons. The van der Waals surface area contributed by atoms with Gasteiger partial charge in [0, 0.05) is 18.5 Å². The number of sulfonamides is 1. The fourth-order valence-electron chi connectivity index (χ4n) is 3.29. The molecule has 0 saturated heterocycles. The van der Waals surface area contributed by atoms with Gasteiger partial charge in [-0.25, -0.2) is 13.4 Å². The van der Waals surface area contributed by atoms with Crippen molar-refractivity contribution < 1.29 is 13.2 Å². The summed E-state index contributed by atoms with van der Waals surface area (Å²) in [4.78, 5) is 20.2. The standard InChI is InChI=1S/C23H21ClN4O3S/c1-15-10-11-16(14-21(15)32(30,31)28-18-7-3-2-6-17(18)24)25-23(29)13-12-22-26-19-8-4-5-9-20(19)27-22/h2-11,14,28H,12-13H2,1H3,(H,25,29)(H,26,27). The monoisotopic (exact) mass is 468 g/mol. The van der Waals surface area contributed by atoms with Crippen molar-refractivity contribution in [3.63, 3.8) is 0 Å². The molecule has 0 radical (unpaired) electrons. The minimum Gasteiger partial charge on any atom is -0.342 e. The summed E-state index contributed by atoms with van der Waals surface area (Å²) in [6.45, 7) is 1.69. The number of imidazole rings is 1. The van der Waals surface area contributed by atoms with Gasteiger partial charge in [-0.05, 0) is 48.9 Å². The van der Waals surface area contributed by atoms with Crippen molar-refractivity contribution in [2.45, 2.75) is 24.7 Å². The Morgan fingerprint density at radius 3 is 2.59 bits per heavy atom. The SMILES string of the molecule is Cc1ccc(NC(=O)CCc2nc3ccccc3[nH]2)cc1S(=O)(=O)Nc1ccccc1Cl. The average Bonchev–Trinajstić information content (AvgIpc) is 3.18. The summed E-state index contributed by atoms with van der Waals surface area (Å²) in [5.41, 5.74) is 2.99. The van der Waals surface area contributed by atoms with E-state index >= 15 is 0 Å². The van der Waals surface area contributed by atoms with E-state index < -0.39 is 10.0 Å². The average molecular weight is 469 g/mol. The van der Waals surface area contributed by atoms with Crippen LogP contribution in [0.15, 0.2) is 71.6 Å². The molecule has 1 aromatic heterocycles. The molecule has 0 saturated carbocycles. The second-order valence-corrected chi connectivity index (χ2v) is 9.37. The van der Waals surface area contributed by atoms with E-state index in [1.807, 2.05) is 24.3 Å². The second kappa shape index (κ2) is 9.02. The Labute approximate surface area is 190 Å². The van der Waals surface area contributed by atoms with Crippen LogP contribution in [0.25, 0.3) is 11.0 Å². The van der Waals surface area contributed by atoms with Gasteiger partial charge in [-0.15, -0.1) is 0 Å². The van der Waals surface area contributed by atoms with Gasteiger partial charge in [0.05, 0.1) is 26.6 Å². The van der Waals surface area contributed by atoms with Crippen molar-refractivity contribution >= 4 is 49.9 Å². The van der Waals surface area contributed by atoms with Gasteiger partial charge in [-0.2, -0.15) is 0 Å². The largest absolute Gasteiger partial charge is 0.342 e. The van der Waals surface area contributed by atoms with Crippen molar-refractivity contribution in [2.24, 2.45) is 0 Å². The van der Waals surface area contributed by atoms with Crippen LogP contribution in [-0.4, -0.2) is 24.3 Å². The van der Waals surface area contributed by atoms with Crippen LogP contribution in [0.1, 0.15) is 17.8 Å². The Bertz CT molecular complexity index is 1370. The molecule has 4 aromatic rings. The molecule has 3 aromatic carbocycles. The summed E-state index contributed by atoms with van der Waals surface area (Å²) in [5, 5.41) is 3.06. The molecule has 0 aliphatic rings. The predicted octanol–water partition coefficient (Wildman–Crippen LogP) is 4.90. The number of amides is 1. The zero-order valence-electron chi connectivity index (χ0n) is 17.2. The topological polar surface area (TPSA) is 104 Å². The van der Waals surface area contributed by atoms with Gasteiger partial charge in [-0.3, -0.25) is 9.52 Å². The Balaban J connectivity index is 1.45. The van der Waals surface area contributed by atoms with Gasteiger partial charge >= 0.3 is 0 Å². The van der Waals surface area contributed by atoms with E-state index in [4.69, 9.17) is 11.6 Å². The summed E-state index contributed by atoms with van der Waals surface area (Å²) >= 11 is 6.08. The molecule has 0 unspecified atom stereocenters.